The summed E-state index contributed by atoms with van der Waals surface area (Å²) in [6.07, 6.45) is 4.76. The molecule has 0 aliphatic heterocycles. The summed E-state index contributed by atoms with van der Waals surface area (Å²) in [5, 5.41) is 18.6. The van der Waals surface area contributed by atoms with E-state index in [0.29, 0.717) is 18.2 Å². The van der Waals surface area contributed by atoms with Gasteiger partial charge in [0.25, 0.3) is 5.56 Å². The number of hydrogen-bond acceptors (Lipinski definition) is 4. The smallest absolute Gasteiger partial charge is 0.276 e. The fraction of sp³-hybridized carbons (Fsp3) is 0.450. The number of nitrogens with one attached hydrogen (secondary N) is 1. The summed E-state index contributed by atoms with van der Waals surface area (Å²) in [4.78, 5) is 25.3. The van der Waals surface area contributed by atoms with Crippen LogP contribution in [0.1, 0.15) is 45.2 Å². The van der Waals surface area contributed by atoms with Crippen molar-refractivity contribution in [1.29, 1.82) is 0 Å². The van der Waals surface area contributed by atoms with Crippen LogP contribution < -0.4 is 10.9 Å². The molecule has 7 nitrogen and oxygen atoms in total. The predicted octanol–water partition coefficient (Wildman–Crippen LogP) is 1.80. The van der Waals surface area contributed by atoms with Crippen LogP contribution in [0.5, 0.6) is 0 Å². The highest BCUT2D eigenvalue weighted by Crippen LogP contribution is 2.31. The van der Waals surface area contributed by atoms with E-state index in [2.05, 4.69) is 10.4 Å². The first kappa shape index (κ1) is 17.7. The first-order chi connectivity index (χ1) is 12.7. The van der Waals surface area contributed by atoms with Crippen LogP contribution >= 0.6 is 0 Å². The SMILES string of the molecule is CC(C)c1nn(CC(=O)NC2CC(C)(O)C2)c(=O)c2cn3ccccc3c12. The van der Waals surface area contributed by atoms with Crippen LogP contribution in [-0.4, -0.2) is 36.8 Å². The molecule has 3 aromatic heterocycles. The van der Waals surface area contributed by atoms with E-state index in [9.17, 15) is 14.7 Å². The Hall–Kier alpha value is -2.67. The third-order valence-electron chi connectivity index (χ3n) is 5.21. The third kappa shape index (κ3) is 3.12. The Kier molecular flexibility index (Phi) is 4.07. The largest absolute Gasteiger partial charge is 0.390 e. The number of rotatable bonds is 4. The molecule has 1 saturated carbocycles. The Bertz CT molecular complexity index is 1090. The normalized spacial score (nSPS) is 22.3. The second-order valence-corrected chi connectivity index (χ2v) is 8.08. The maximum Gasteiger partial charge on any atom is 0.276 e. The van der Waals surface area contributed by atoms with E-state index in [1.54, 1.807) is 13.1 Å². The Labute approximate surface area is 156 Å². The minimum atomic E-state index is -0.705. The first-order valence-electron chi connectivity index (χ1n) is 9.27. The van der Waals surface area contributed by atoms with E-state index in [4.69, 9.17) is 0 Å². The van der Waals surface area contributed by atoms with Gasteiger partial charge in [-0.25, -0.2) is 4.68 Å². The number of fused-ring (bicyclic) bond motifs is 3. The predicted molar refractivity (Wildman–Crippen MR) is 103 cm³/mol. The number of nitrogens with zero attached hydrogens (tertiary/aromatic N) is 3. The molecule has 1 aliphatic rings. The Balaban J connectivity index is 1.71. The van der Waals surface area contributed by atoms with Crippen molar-refractivity contribution < 1.29 is 9.90 Å². The third-order valence-corrected chi connectivity index (χ3v) is 5.21. The minimum absolute atomic E-state index is 0.0476. The van der Waals surface area contributed by atoms with Crippen molar-refractivity contribution in [2.45, 2.75) is 57.7 Å². The highest BCUT2D eigenvalue weighted by atomic mass is 16.3. The van der Waals surface area contributed by atoms with Crippen molar-refractivity contribution in [3.05, 3.63) is 46.6 Å². The lowest BCUT2D eigenvalue weighted by atomic mass is 9.77. The lowest BCUT2D eigenvalue weighted by Crippen LogP contribution is -2.54. The van der Waals surface area contributed by atoms with Crippen molar-refractivity contribution in [3.63, 3.8) is 0 Å². The van der Waals surface area contributed by atoms with E-state index in [1.807, 2.05) is 42.6 Å². The van der Waals surface area contributed by atoms with E-state index in [-0.39, 0.29) is 30.0 Å². The number of amides is 1. The van der Waals surface area contributed by atoms with Crippen LogP contribution in [-0.2, 0) is 11.3 Å². The second kappa shape index (κ2) is 6.20. The summed E-state index contributed by atoms with van der Waals surface area (Å²) in [5.74, 6) is -0.154. The van der Waals surface area contributed by atoms with Crippen LogP contribution in [0, 0.1) is 0 Å². The molecule has 7 heteroatoms. The molecule has 0 unspecified atom stereocenters. The quantitative estimate of drug-likeness (QED) is 0.735. The average Bonchev–Trinajstić information content (AvgIpc) is 2.95. The van der Waals surface area contributed by atoms with Crippen LogP contribution in [0.15, 0.2) is 35.4 Å². The van der Waals surface area contributed by atoms with Gasteiger partial charge >= 0.3 is 0 Å². The summed E-state index contributed by atoms with van der Waals surface area (Å²) in [5.41, 5.74) is 0.768. The fourth-order valence-electron chi connectivity index (χ4n) is 3.94. The molecule has 142 valence electrons. The van der Waals surface area contributed by atoms with Gasteiger partial charge in [0.05, 0.1) is 22.2 Å². The molecule has 4 rings (SSSR count). The Morgan fingerprint density at radius 1 is 1.41 bits per heavy atom. The average molecular weight is 368 g/mol. The molecule has 0 aromatic carbocycles. The van der Waals surface area contributed by atoms with Crippen LogP contribution in [0.4, 0.5) is 0 Å². The van der Waals surface area contributed by atoms with Crippen molar-refractivity contribution in [2.75, 3.05) is 0 Å². The standard InChI is InChI=1S/C20H24N4O3/c1-12(2)18-17-14(10-23-7-5-4-6-15(17)23)19(26)24(22-18)11-16(25)21-13-8-20(3,27)9-13/h4-7,10,12-13,27H,8-9,11H2,1-3H3,(H,21,25). The van der Waals surface area contributed by atoms with Gasteiger partial charge in [-0.2, -0.15) is 5.10 Å². The Morgan fingerprint density at radius 2 is 2.15 bits per heavy atom. The van der Waals surface area contributed by atoms with Gasteiger partial charge in [-0.05, 0) is 37.8 Å². The summed E-state index contributed by atoms with van der Waals surface area (Å²) < 4.78 is 3.17. The summed E-state index contributed by atoms with van der Waals surface area (Å²) in [6, 6.07) is 5.77. The van der Waals surface area contributed by atoms with Crippen LogP contribution in [0.2, 0.25) is 0 Å². The van der Waals surface area contributed by atoms with Crippen molar-refractivity contribution >= 4 is 22.2 Å². The van der Waals surface area contributed by atoms with Crippen molar-refractivity contribution in [3.8, 4) is 0 Å². The minimum Gasteiger partial charge on any atom is -0.390 e. The van der Waals surface area contributed by atoms with Crippen LogP contribution in [0.3, 0.4) is 0 Å². The Morgan fingerprint density at radius 3 is 2.81 bits per heavy atom. The highest BCUT2D eigenvalue weighted by Gasteiger charge is 2.39. The van der Waals surface area contributed by atoms with Crippen molar-refractivity contribution in [2.24, 2.45) is 0 Å². The fourth-order valence-corrected chi connectivity index (χ4v) is 3.94. The molecular formula is C20H24N4O3. The van der Waals surface area contributed by atoms with Gasteiger partial charge in [0.1, 0.15) is 6.54 Å². The number of hydrogen-bond donors (Lipinski definition) is 2. The van der Waals surface area contributed by atoms with E-state index in [0.717, 1.165) is 16.6 Å². The summed E-state index contributed by atoms with van der Waals surface area (Å²) in [6.45, 7) is 5.68. The van der Waals surface area contributed by atoms with Gasteiger partial charge in [-0.15, -0.1) is 0 Å². The molecule has 0 spiro atoms. The number of aliphatic hydroxyl groups is 1. The van der Waals surface area contributed by atoms with Gasteiger partial charge < -0.3 is 14.8 Å². The molecule has 0 radical (unpaired) electrons. The van der Waals surface area contributed by atoms with Gasteiger partial charge in [0.2, 0.25) is 5.91 Å². The van der Waals surface area contributed by atoms with E-state index < -0.39 is 5.60 Å². The molecule has 3 heterocycles. The van der Waals surface area contributed by atoms with Gasteiger partial charge in [-0.3, -0.25) is 9.59 Å². The second-order valence-electron chi connectivity index (χ2n) is 8.08. The lowest BCUT2D eigenvalue weighted by molar-refractivity contribution is -0.125. The molecule has 1 aliphatic carbocycles. The molecule has 0 saturated heterocycles. The molecule has 2 N–H and O–H groups in total. The van der Waals surface area contributed by atoms with Crippen LogP contribution in [0.25, 0.3) is 16.3 Å². The number of pyridine rings is 1. The number of carbonyl (C=O) groups excluding carboxylic acids is 1. The van der Waals surface area contributed by atoms with E-state index >= 15 is 0 Å². The summed E-state index contributed by atoms with van der Waals surface area (Å²) in [7, 11) is 0. The number of aromatic nitrogens is 3. The maximum atomic E-state index is 12.9. The molecular weight excluding hydrogens is 344 g/mol. The monoisotopic (exact) mass is 368 g/mol. The maximum absolute atomic E-state index is 12.9. The van der Waals surface area contributed by atoms with Gasteiger partial charge in [0, 0.05) is 23.8 Å². The van der Waals surface area contributed by atoms with Crippen molar-refractivity contribution in [1.82, 2.24) is 19.5 Å². The number of carbonyl (C=O) groups is 1. The van der Waals surface area contributed by atoms with E-state index in [1.165, 1.54) is 4.68 Å². The van der Waals surface area contributed by atoms with Gasteiger partial charge in [-0.1, -0.05) is 19.9 Å². The molecule has 0 atom stereocenters. The highest BCUT2D eigenvalue weighted by molar-refractivity contribution is 5.98. The molecule has 1 amide bonds. The topological polar surface area (TPSA) is 88.6 Å². The summed E-state index contributed by atoms with van der Waals surface area (Å²) >= 11 is 0. The zero-order valence-electron chi connectivity index (χ0n) is 15.8. The molecule has 1 fully saturated rings. The zero-order chi connectivity index (χ0) is 19.3. The zero-order valence-corrected chi connectivity index (χ0v) is 15.8. The molecule has 3 aromatic rings. The molecule has 0 bridgehead atoms. The first-order valence-corrected chi connectivity index (χ1v) is 9.27. The molecule has 27 heavy (non-hydrogen) atoms. The van der Waals surface area contributed by atoms with Gasteiger partial charge in [0.15, 0.2) is 0 Å². The lowest BCUT2D eigenvalue weighted by Gasteiger charge is -2.41.